The Hall–Kier alpha value is -4.19. The Balaban J connectivity index is 1.78. The number of rotatable bonds is 8. The van der Waals surface area contributed by atoms with Crippen LogP contribution in [0.2, 0.25) is 0 Å². The van der Waals surface area contributed by atoms with Gasteiger partial charge < -0.3 is 28.5 Å². The number of aromatic nitrogens is 1. The number of furan rings is 1. The zero-order valence-electron chi connectivity index (χ0n) is 18.2. The third kappa shape index (κ3) is 4.44. The Morgan fingerprint density at radius 1 is 1.12 bits per heavy atom. The lowest BCUT2D eigenvalue weighted by Crippen LogP contribution is -2.23. The van der Waals surface area contributed by atoms with Gasteiger partial charge >= 0.3 is 5.97 Å². The van der Waals surface area contributed by atoms with Crippen LogP contribution >= 0.6 is 0 Å². The van der Waals surface area contributed by atoms with E-state index in [0.717, 1.165) is 11.3 Å². The van der Waals surface area contributed by atoms with Gasteiger partial charge in [0.25, 0.3) is 5.91 Å². The summed E-state index contributed by atoms with van der Waals surface area (Å²) in [6.45, 7) is 3.42. The van der Waals surface area contributed by atoms with Crippen LogP contribution in [0.15, 0.2) is 41.0 Å². The minimum atomic E-state index is -0.770. The van der Waals surface area contributed by atoms with Crippen molar-refractivity contribution in [2.75, 3.05) is 26.1 Å². The number of amides is 1. The average molecular weight is 437 g/mol. The summed E-state index contributed by atoms with van der Waals surface area (Å²) < 4.78 is 22.7. The predicted octanol–water partition coefficient (Wildman–Crippen LogP) is 3.43. The molecule has 166 valence electrons. The zero-order chi connectivity index (χ0) is 23.3. The van der Waals surface area contributed by atoms with Gasteiger partial charge in [0, 0.05) is 5.69 Å². The van der Waals surface area contributed by atoms with Gasteiger partial charge in [-0.1, -0.05) is 6.07 Å². The summed E-state index contributed by atoms with van der Waals surface area (Å²) in [6, 6.07) is 10.5. The van der Waals surface area contributed by atoms with Gasteiger partial charge in [-0.3, -0.25) is 4.79 Å². The number of carbonyl (C=O) groups is 2. The molecule has 0 radical (unpaired) electrons. The highest BCUT2D eigenvalue weighted by Crippen LogP contribution is 2.29. The highest BCUT2D eigenvalue weighted by molar-refractivity contribution is 5.98. The summed E-state index contributed by atoms with van der Waals surface area (Å²) in [5, 5.41) is 12.3. The Morgan fingerprint density at radius 3 is 2.38 bits per heavy atom. The standard InChI is InChI=1S/C23H23N3O6/c1-14-15(2)26(12-16-7-6-10-31-16)22(17(14)11-24)25-20(27)13-32-23(28)21-18(29-3)8-5-9-19(21)30-4/h5-10H,12-13H2,1-4H3,(H,25,27). The maximum Gasteiger partial charge on any atom is 0.346 e. The lowest BCUT2D eigenvalue weighted by Gasteiger charge is -2.14. The molecule has 3 aromatic rings. The molecule has 0 unspecified atom stereocenters. The number of benzene rings is 1. The number of nitriles is 1. The molecule has 1 amide bonds. The average Bonchev–Trinajstić information content (AvgIpc) is 3.39. The van der Waals surface area contributed by atoms with Gasteiger partial charge in [0.2, 0.25) is 0 Å². The molecule has 2 aromatic heterocycles. The van der Waals surface area contributed by atoms with Gasteiger partial charge in [0.15, 0.2) is 6.61 Å². The van der Waals surface area contributed by atoms with Crippen LogP contribution in [0, 0.1) is 25.2 Å². The second kappa shape index (κ2) is 9.75. The molecular formula is C23H23N3O6. The number of hydrogen-bond donors (Lipinski definition) is 1. The first-order chi connectivity index (χ1) is 15.4. The smallest absolute Gasteiger partial charge is 0.346 e. The molecule has 0 saturated heterocycles. The summed E-state index contributed by atoms with van der Waals surface area (Å²) in [7, 11) is 2.83. The van der Waals surface area contributed by atoms with Gasteiger partial charge in [0.05, 0.1) is 32.6 Å². The summed E-state index contributed by atoms with van der Waals surface area (Å²) in [4.78, 5) is 25.2. The van der Waals surface area contributed by atoms with Crippen LogP contribution in [0.25, 0.3) is 0 Å². The SMILES string of the molecule is COc1cccc(OC)c1C(=O)OCC(=O)Nc1c(C#N)c(C)c(C)n1Cc1ccco1. The van der Waals surface area contributed by atoms with Crippen LogP contribution in [0.4, 0.5) is 5.82 Å². The molecule has 0 aliphatic heterocycles. The maximum absolute atomic E-state index is 12.6. The maximum atomic E-state index is 12.6. The van der Waals surface area contributed by atoms with Crippen molar-refractivity contribution in [2.24, 2.45) is 0 Å². The summed E-state index contributed by atoms with van der Waals surface area (Å²) >= 11 is 0. The lowest BCUT2D eigenvalue weighted by atomic mass is 10.2. The van der Waals surface area contributed by atoms with E-state index in [1.165, 1.54) is 14.2 Å². The van der Waals surface area contributed by atoms with Gasteiger partial charge in [-0.15, -0.1) is 0 Å². The van der Waals surface area contributed by atoms with Crippen LogP contribution < -0.4 is 14.8 Å². The first kappa shape index (κ1) is 22.5. The van der Waals surface area contributed by atoms with Crippen molar-refractivity contribution < 1.29 is 28.2 Å². The lowest BCUT2D eigenvalue weighted by molar-refractivity contribution is -0.119. The Kier molecular flexibility index (Phi) is 6.85. The molecule has 0 atom stereocenters. The fourth-order valence-electron chi connectivity index (χ4n) is 3.31. The topological polar surface area (TPSA) is 116 Å². The van der Waals surface area contributed by atoms with Crippen molar-refractivity contribution in [1.82, 2.24) is 4.57 Å². The van der Waals surface area contributed by atoms with Crippen molar-refractivity contribution in [3.8, 4) is 17.6 Å². The van der Waals surface area contributed by atoms with Crippen molar-refractivity contribution in [3.05, 3.63) is 64.7 Å². The largest absolute Gasteiger partial charge is 0.496 e. The van der Waals surface area contributed by atoms with Crippen molar-refractivity contribution in [3.63, 3.8) is 0 Å². The third-order valence-electron chi connectivity index (χ3n) is 5.06. The first-order valence-corrected chi connectivity index (χ1v) is 9.71. The van der Waals surface area contributed by atoms with E-state index in [9.17, 15) is 14.9 Å². The van der Waals surface area contributed by atoms with Gasteiger partial charge in [-0.05, 0) is 43.7 Å². The number of methoxy groups -OCH3 is 2. The molecule has 0 aliphatic carbocycles. The number of carbonyl (C=O) groups excluding carboxylic acids is 2. The third-order valence-corrected chi connectivity index (χ3v) is 5.06. The fourth-order valence-corrected chi connectivity index (χ4v) is 3.31. The quantitative estimate of drug-likeness (QED) is 0.537. The zero-order valence-corrected chi connectivity index (χ0v) is 18.2. The van der Waals surface area contributed by atoms with Gasteiger partial charge in [0.1, 0.15) is 34.7 Å². The number of anilines is 1. The van der Waals surface area contributed by atoms with Crippen LogP contribution in [-0.2, 0) is 16.1 Å². The number of nitrogens with one attached hydrogen (secondary N) is 1. The van der Waals surface area contributed by atoms with Crippen LogP contribution in [0.5, 0.6) is 11.5 Å². The molecule has 1 N–H and O–H groups in total. The molecule has 0 bridgehead atoms. The van der Waals surface area contributed by atoms with E-state index >= 15 is 0 Å². The molecule has 1 aromatic carbocycles. The monoisotopic (exact) mass is 437 g/mol. The van der Waals surface area contributed by atoms with Crippen molar-refractivity contribution >= 4 is 17.7 Å². The second-order valence-corrected chi connectivity index (χ2v) is 6.87. The fraction of sp³-hybridized carbons (Fsp3) is 0.261. The molecule has 2 heterocycles. The summed E-state index contributed by atoms with van der Waals surface area (Å²) in [5.41, 5.74) is 1.96. The van der Waals surface area contributed by atoms with Crippen molar-refractivity contribution in [2.45, 2.75) is 20.4 Å². The number of nitrogens with zero attached hydrogens (tertiary/aromatic N) is 2. The summed E-state index contributed by atoms with van der Waals surface area (Å²) in [6.07, 6.45) is 1.55. The molecule has 9 nitrogen and oxygen atoms in total. The van der Waals surface area contributed by atoms with Gasteiger partial charge in [-0.25, -0.2) is 4.79 Å². The Morgan fingerprint density at radius 2 is 1.81 bits per heavy atom. The van der Waals surface area contributed by atoms with E-state index < -0.39 is 18.5 Å². The number of ether oxygens (including phenoxy) is 3. The summed E-state index contributed by atoms with van der Waals surface area (Å²) in [5.74, 6) is 0.142. The van der Waals surface area contributed by atoms with E-state index in [4.69, 9.17) is 18.6 Å². The molecular weight excluding hydrogens is 414 g/mol. The molecule has 0 spiro atoms. The van der Waals surface area contributed by atoms with Crippen LogP contribution in [-0.4, -0.2) is 37.3 Å². The minimum absolute atomic E-state index is 0.0795. The molecule has 0 aliphatic rings. The molecule has 9 heteroatoms. The highest BCUT2D eigenvalue weighted by atomic mass is 16.5. The normalized spacial score (nSPS) is 10.3. The van der Waals surface area contributed by atoms with Crippen LogP contribution in [0.1, 0.15) is 32.9 Å². The van der Waals surface area contributed by atoms with Crippen molar-refractivity contribution in [1.29, 1.82) is 5.26 Å². The molecule has 3 rings (SSSR count). The molecule has 0 fully saturated rings. The molecule has 32 heavy (non-hydrogen) atoms. The second-order valence-electron chi connectivity index (χ2n) is 6.87. The number of hydrogen-bond acceptors (Lipinski definition) is 7. The highest BCUT2D eigenvalue weighted by Gasteiger charge is 2.23. The first-order valence-electron chi connectivity index (χ1n) is 9.71. The van der Waals surface area contributed by atoms with Gasteiger partial charge in [-0.2, -0.15) is 5.26 Å². The number of esters is 1. The van der Waals surface area contributed by atoms with E-state index in [0.29, 0.717) is 23.7 Å². The van der Waals surface area contributed by atoms with E-state index in [-0.39, 0.29) is 17.1 Å². The van der Waals surface area contributed by atoms with E-state index in [2.05, 4.69) is 11.4 Å². The predicted molar refractivity (Wildman–Crippen MR) is 115 cm³/mol. The molecule has 0 saturated carbocycles. The van der Waals surface area contributed by atoms with E-state index in [1.807, 2.05) is 6.92 Å². The van der Waals surface area contributed by atoms with E-state index in [1.54, 1.807) is 48.1 Å². The minimum Gasteiger partial charge on any atom is -0.496 e. The van der Waals surface area contributed by atoms with Crippen LogP contribution in [0.3, 0.4) is 0 Å². The Bertz CT molecular complexity index is 1150. The Labute approximate surface area is 185 Å².